The van der Waals surface area contributed by atoms with Crippen LogP contribution in [0.2, 0.25) is 0 Å². The van der Waals surface area contributed by atoms with Crippen molar-refractivity contribution in [1.82, 2.24) is 5.32 Å². The molecule has 1 amide bonds. The van der Waals surface area contributed by atoms with Gasteiger partial charge in [0, 0.05) is 25.2 Å². The fourth-order valence-electron chi connectivity index (χ4n) is 9.19. The number of carbonyl (C=O) groups is 5. The standard InChI is InChI=1S/C39H53NO14/c1-10-50-34(48)40-29(35(4,5)6)27(44)33(47)52-22-17-39(49)31(53-32(46)21-14-12-11-13-15-21)28-37(9,30(45)26(43)25(19(22)2)36(39,7)8)23(42)16-24-38(28,18-51-24)54-20(3)41/h11-15,22-24,26-29,31,42-44,49H,10,16-18H2,1-9H3,(H,40,48)/t22-,23-,24+,26+,27+,28-,29+,31-,37+,38-,39+/m0/s1. The Kier molecular flexibility index (Phi) is 10.9. The molecule has 2 saturated carbocycles. The lowest BCUT2D eigenvalue weighted by atomic mass is 9.44. The summed E-state index contributed by atoms with van der Waals surface area (Å²) in [5.74, 6) is -5.28. The van der Waals surface area contributed by atoms with Crippen molar-refractivity contribution in [3.63, 3.8) is 0 Å². The maximum atomic E-state index is 14.9. The van der Waals surface area contributed by atoms with Crippen molar-refractivity contribution in [2.24, 2.45) is 22.2 Å². The molecule has 3 fully saturated rings. The maximum absolute atomic E-state index is 14.9. The zero-order valence-electron chi connectivity index (χ0n) is 32.2. The second-order valence-electron chi connectivity index (χ2n) is 16.7. The number of ether oxygens (including phenoxy) is 5. The SMILES string of the molecule is CCOC(=O)N[C@H]([C@@H](O)C(=O)O[C@H]1C[C@@]2(O)[C@@H](OC(=O)c3ccccc3)[C@@H]3[C@]4(OC(C)=O)CO[C@@H]4C[C@H](O)[C@@]3(C)C(=O)[C@H](O)C(=C1C)C2(C)C)C(C)(C)C. The largest absolute Gasteiger partial charge is 0.456 e. The Morgan fingerprint density at radius 3 is 2.22 bits per heavy atom. The molecule has 0 spiro atoms. The van der Waals surface area contributed by atoms with Gasteiger partial charge in [0.15, 0.2) is 17.5 Å². The van der Waals surface area contributed by atoms with Gasteiger partial charge in [0.2, 0.25) is 0 Å². The lowest BCUT2D eigenvalue weighted by molar-refractivity contribution is -0.346. The summed E-state index contributed by atoms with van der Waals surface area (Å²) in [5, 5.41) is 51.0. The van der Waals surface area contributed by atoms with Crippen molar-refractivity contribution in [3.05, 3.63) is 47.0 Å². The number of Topliss-reactive ketones (excluding diaryl/α,β-unsaturated/α-hetero) is 1. The number of hydrogen-bond donors (Lipinski definition) is 5. The number of hydrogen-bond acceptors (Lipinski definition) is 14. The van der Waals surface area contributed by atoms with E-state index in [0.717, 1.165) is 6.92 Å². The predicted molar refractivity (Wildman–Crippen MR) is 188 cm³/mol. The van der Waals surface area contributed by atoms with E-state index in [9.17, 15) is 44.4 Å². The highest BCUT2D eigenvalue weighted by Crippen LogP contribution is 2.64. The third kappa shape index (κ3) is 6.51. The van der Waals surface area contributed by atoms with E-state index in [-0.39, 0.29) is 36.3 Å². The van der Waals surface area contributed by atoms with Crippen molar-refractivity contribution >= 4 is 29.8 Å². The summed E-state index contributed by atoms with van der Waals surface area (Å²) in [7, 11) is 0. The molecule has 0 aromatic heterocycles. The Morgan fingerprint density at radius 2 is 1.69 bits per heavy atom. The second-order valence-corrected chi connectivity index (χ2v) is 16.7. The van der Waals surface area contributed by atoms with Crippen molar-refractivity contribution in [2.75, 3.05) is 13.2 Å². The van der Waals surface area contributed by atoms with Gasteiger partial charge in [-0.3, -0.25) is 9.59 Å². The van der Waals surface area contributed by atoms with Crippen LogP contribution < -0.4 is 5.32 Å². The molecule has 3 aliphatic carbocycles. The molecule has 1 aliphatic heterocycles. The Bertz CT molecular complexity index is 1700. The molecular weight excluding hydrogens is 706 g/mol. The summed E-state index contributed by atoms with van der Waals surface area (Å²) < 4.78 is 28.9. The number of carbonyl (C=O) groups excluding carboxylic acids is 5. The molecule has 2 bridgehead atoms. The smallest absolute Gasteiger partial charge is 0.407 e. The van der Waals surface area contributed by atoms with Crippen molar-refractivity contribution in [2.45, 2.75) is 129 Å². The van der Waals surface area contributed by atoms with Gasteiger partial charge in [0.1, 0.15) is 30.0 Å². The molecule has 5 rings (SSSR count). The van der Waals surface area contributed by atoms with E-state index in [4.69, 9.17) is 23.7 Å². The number of amides is 1. The van der Waals surface area contributed by atoms with E-state index in [2.05, 4.69) is 5.32 Å². The lowest BCUT2D eigenvalue weighted by Crippen LogP contribution is -2.81. The van der Waals surface area contributed by atoms with Crippen LogP contribution in [0.3, 0.4) is 0 Å². The Morgan fingerprint density at radius 1 is 1.06 bits per heavy atom. The molecule has 1 aromatic rings. The van der Waals surface area contributed by atoms with Crippen LogP contribution in [0.5, 0.6) is 0 Å². The first-order valence-corrected chi connectivity index (χ1v) is 18.2. The molecule has 1 aromatic carbocycles. The number of alkyl carbamates (subject to hydrolysis) is 1. The third-order valence-electron chi connectivity index (χ3n) is 12.2. The molecule has 1 saturated heterocycles. The van der Waals surface area contributed by atoms with E-state index in [1.165, 1.54) is 26.0 Å². The normalized spacial score (nSPS) is 35.4. The summed E-state index contributed by atoms with van der Waals surface area (Å²) in [6, 6.07) is 6.65. The van der Waals surface area contributed by atoms with Crippen molar-refractivity contribution in [1.29, 1.82) is 0 Å². The highest BCUT2D eigenvalue weighted by atomic mass is 16.6. The molecule has 1 heterocycles. The molecule has 298 valence electrons. The van der Waals surface area contributed by atoms with Gasteiger partial charge in [-0.2, -0.15) is 0 Å². The summed E-state index contributed by atoms with van der Waals surface area (Å²) >= 11 is 0. The molecule has 4 aliphatic rings. The molecular formula is C39H53NO14. The third-order valence-corrected chi connectivity index (χ3v) is 12.2. The zero-order chi connectivity index (χ0) is 40.3. The molecule has 54 heavy (non-hydrogen) atoms. The van der Waals surface area contributed by atoms with E-state index in [0.29, 0.717) is 0 Å². The summed E-state index contributed by atoms with van der Waals surface area (Å²) in [6.45, 7) is 13.5. The van der Waals surface area contributed by atoms with Crippen LogP contribution in [0, 0.1) is 22.2 Å². The molecule has 15 heteroatoms. The van der Waals surface area contributed by atoms with Crippen LogP contribution in [0.25, 0.3) is 0 Å². The fourth-order valence-corrected chi connectivity index (χ4v) is 9.19. The Hall–Kier alpha value is -3.89. The van der Waals surface area contributed by atoms with Gasteiger partial charge in [-0.1, -0.05) is 52.8 Å². The molecule has 15 nitrogen and oxygen atoms in total. The predicted octanol–water partition coefficient (Wildman–Crippen LogP) is 2.15. The average molecular weight is 760 g/mol. The first-order valence-electron chi connectivity index (χ1n) is 18.2. The molecule has 0 radical (unpaired) electrons. The van der Waals surface area contributed by atoms with E-state index < -0.39 is 112 Å². The number of ketones is 1. The topological polar surface area (TPSA) is 224 Å². The van der Waals surface area contributed by atoms with Gasteiger partial charge in [-0.05, 0) is 49.5 Å². The summed E-state index contributed by atoms with van der Waals surface area (Å²) in [4.78, 5) is 67.9. The van der Waals surface area contributed by atoms with Crippen LogP contribution in [0.4, 0.5) is 4.79 Å². The van der Waals surface area contributed by atoms with Gasteiger partial charge >= 0.3 is 24.0 Å². The van der Waals surface area contributed by atoms with Gasteiger partial charge in [-0.15, -0.1) is 0 Å². The van der Waals surface area contributed by atoms with Crippen LogP contribution >= 0.6 is 0 Å². The molecule has 11 atom stereocenters. The van der Waals surface area contributed by atoms with Gasteiger partial charge in [-0.25, -0.2) is 14.4 Å². The first-order chi connectivity index (χ1) is 25.0. The average Bonchev–Trinajstić information content (AvgIpc) is 3.08. The van der Waals surface area contributed by atoms with Crippen LogP contribution in [-0.2, 0) is 38.1 Å². The van der Waals surface area contributed by atoms with Crippen molar-refractivity contribution in [3.8, 4) is 0 Å². The Labute approximate surface area is 314 Å². The van der Waals surface area contributed by atoms with Gasteiger partial charge in [0.05, 0.1) is 42.3 Å². The lowest BCUT2D eigenvalue weighted by Gasteiger charge is -2.67. The number of esters is 3. The van der Waals surface area contributed by atoms with Crippen LogP contribution in [0.1, 0.15) is 85.5 Å². The van der Waals surface area contributed by atoms with Crippen LogP contribution in [0.15, 0.2) is 41.5 Å². The minimum absolute atomic E-state index is 0.0339. The summed E-state index contributed by atoms with van der Waals surface area (Å²) in [6.07, 6.45) is -11.2. The quantitative estimate of drug-likeness (QED) is 0.146. The minimum Gasteiger partial charge on any atom is -0.456 e. The number of rotatable bonds is 8. The molecule has 0 unspecified atom stereocenters. The van der Waals surface area contributed by atoms with Gasteiger partial charge in [0.25, 0.3) is 0 Å². The number of benzene rings is 1. The minimum atomic E-state index is -2.33. The highest BCUT2D eigenvalue weighted by molar-refractivity contribution is 5.94. The fraction of sp³-hybridized carbons (Fsp3) is 0.667. The summed E-state index contributed by atoms with van der Waals surface area (Å²) in [5.41, 5.74) is -8.33. The Balaban J connectivity index is 1.70. The monoisotopic (exact) mass is 759 g/mol. The second kappa shape index (κ2) is 14.3. The van der Waals surface area contributed by atoms with E-state index >= 15 is 0 Å². The zero-order valence-corrected chi connectivity index (χ0v) is 32.2. The maximum Gasteiger partial charge on any atom is 0.407 e. The van der Waals surface area contributed by atoms with Crippen molar-refractivity contribution < 1.29 is 68.1 Å². The van der Waals surface area contributed by atoms with Crippen LogP contribution in [-0.4, -0.2) is 117 Å². The number of aliphatic hydroxyl groups is 4. The number of fused-ring (bicyclic) bond motifs is 5. The highest BCUT2D eigenvalue weighted by Gasteiger charge is 2.78. The van der Waals surface area contributed by atoms with Gasteiger partial charge < -0.3 is 49.4 Å². The number of aliphatic hydroxyl groups excluding tert-OH is 3. The van der Waals surface area contributed by atoms with E-state index in [1.54, 1.807) is 59.7 Å². The number of nitrogens with one attached hydrogen (secondary N) is 1. The molecule has 5 N–H and O–H groups in total. The first kappa shape index (κ1) is 41.3. The van der Waals surface area contributed by atoms with E-state index in [1.807, 2.05) is 0 Å².